The third kappa shape index (κ3) is 6.21. The molecule has 2 aliphatic rings. The summed E-state index contributed by atoms with van der Waals surface area (Å²) in [5.74, 6) is -2.51. The van der Waals surface area contributed by atoms with E-state index in [4.69, 9.17) is 10.5 Å². The predicted molar refractivity (Wildman–Crippen MR) is 170 cm³/mol. The molecule has 15 heteroatoms. The lowest BCUT2D eigenvalue weighted by Crippen LogP contribution is -2.52. The molecule has 1 saturated carbocycles. The Kier molecular flexibility index (Phi) is 8.43. The molecular weight excluding hydrogens is 648 g/mol. The Morgan fingerprint density at radius 1 is 1.10 bits per heavy atom. The van der Waals surface area contributed by atoms with E-state index in [9.17, 15) is 37.1 Å². The molecule has 11 nitrogen and oxygen atoms in total. The molecule has 0 saturated heterocycles. The monoisotopic (exact) mass is 680 g/mol. The zero-order valence-corrected chi connectivity index (χ0v) is 26.4. The predicted octanol–water partition coefficient (Wildman–Crippen LogP) is 4.73. The highest BCUT2D eigenvalue weighted by Gasteiger charge is 2.58. The Morgan fingerprint density at radius 2 is 1.82 bits per heavy atom. The highest BCUT2D eigenvalue weighted by Crippen LogP contribution is 2.49. The van der Waals surface area contributed by atoms with Gasteiger partial charge in [0.1, 0.15) is 29.3 Å². The molecule has 0 spiro atoms. The van der Waals surface area contributed by atoms with Crippen molar-refractivity contribution in [2.75, 3.05) is 18.5 Å². The Hall–Kier alpha value is -5.31. The summed E-state index contributed by atoms with van der Waals surface area (Å²) in [6.07, 6.45) is -2.13. The smallest absolute Gasteiger partial charge is 0.424 e. The summed E-state index contributed by atoms with van der Waals surface area (Å²) >= 11 is 0. The molecule has 6 rings (SSSR count). The van der Waals surface area contributed by atoms with E-state index in [0.717, 1.165) is 36.6 Å². The molecule has 0 radical (unpaired) electrons. The second-order valence-electron chi connectivity index (χ2n) is 12.3. The maximum Gasteiger partial charge on any atom is 0.424 e. The fourth-order valence-electron chi connectivity index (χ4n) is 5.80. The number of pyridine rings is 2. The Labute approximate surface area is 277 Å². The zero-order valence-electron chi connectivity index (χ0n) is 26.4. The summed E-state index contributed by atoms with van der Waals surface area (Å²) in [7, 11) is 0. The van der Waals surface area contributed by atoms with E-state index in [1.807, 2.05) is 0 Å². The molecule has 1 aliphatic heterocycles. The highest BCUT2D eigenvalue weighted by atomic mass is 19.4. The highest BCUT2D eigenvalue weighted by molar-refractivity contribution is 6.05. The molecule has 49 heavy (non-hydrogen) atoms. The van der Waals surface area contributed by atoms with Crippen molar-refractivity contribution in [1.82, 2.24) is 20.6 Å². The van der Waals surface area contributed by atoms with Crippen LogP contribution in [-0.4, -0.2) is 58.3 Å². The van der Waals surface area contributed by atoms with Gasteiger partial charge in [0.15, 0.2) is 0 Å². The van der Waals surface area contributed by atoms with Crippen LogP contribution in [0.1, 0.15) is 53.4 Å². The number of anilines is 1. The molecular formula is C34H32F4N6O5. The Morgan fingerprint density at radius 3 is 2.45 bits per heavy atom. The summed E-state index contributed by atoms with van der Waals surface area (Å²) in [5.41, 5.74) is 0.496. The number of hydrogen-bond acceptors (Lipinski definition) is 7. The molecule has 4 aromatic rings. The second-order valence-corrected chi connectivity index (χ2v) is 12.3. The van der Waals surface area contributed by atoms with Gasteiger partial charge in [-0.3, -0.25) is 14.6 Å². The van der Waals surface area contributed by atoms with Gasteiger partial charge in [0, 0.05) is 34.3 Å². The number of hydrogen-bond donors (Lipinski definition) is 5. The first-order valence-corrected chi connectivity index (χ1v) is 15.4. The van der Waals surface area contributed by atoms with Gasteiger partial charge in [-0.15, -0.1) is 0 Å². The normalized spacial score (nSPS) is 18.3. The number of carbonyl (C=O) groups excluding carboxylic acids is 3. The summed E-state index contributed by atoms with van der Waals surface area (Å²) in [6, 6.07) is 9.46. The van der Waals surface area contributed by atoms with Gasteiger partial charge >= 0.3 is 12.2 Å². The number of nitrogens with two attached hydrogens (primary N) is 1. The number of primary amides is 1. The van der Waals surface area contributed by atoms with Gasteiger partial charge < -0.3 is 31.5 Å². The number of halogens is 4. The van der Waals surface area contributed by atoms with Gasteiger partial charge in [-0.1, -0.05) is 6.92 Å². The van der Waals surface area contributed by atoms with E-state index in [1.165, 1.54) is 24.3 Å². The first kappa shape index (κ1) is 33.6. The number of nitrogens with one attached hydrogen (secondary N) is 3. The van der Waals surface area contributed by atoms with E-state index in [-0.39, 0.29) is 52.9 Å². The maximum absolute atomic E-state index is 14.9. The fraction of sp³-hybridized carbons (Fsp3) is 0.324. The van der Waals surface area contributed by atoms with Crippen molar-refractivity contribution in [3.8, 4) is 17.0 Å². The van der Waals surface area contributed by atoms with Crippen molar-refractivity contribution in [3.05, 3.63) is 82.9 Å². The van der Waals surface area contributed by atoms with Crippen LogP contribution in [0.2, 0.25) is 0 Å². The third-order valence-corrected chi connectivity index (χ3v) is 8.88. The number of aryl methyl sites for hydroxylation is 1. The van der Waals surface area contributed by atoms with Gasteiger partial charge in [-0.05, 0) is 80.3 Å². The van der Waals surface area contributed by atoms with Crippen molar-refractivity contribution in [2.45, 2.75) is 56.3 Å². The quantitative estimate of drug-likeness (QED) is 0.159. The summed E-state index contributed by atoms with van der Waals surface area (Å²) < 4.78 is 64.3. The summed E-state index contributed by atoms with van der Waals surface area (Å²) in [6.45, 7) is 1.68. The minimum atomic E-state index is -5.40. The third-order valence-electron chi connectivity index (χ3n) is 8.88. The largest absolute Gasteiger partial charge is 0.489 e. The molecule has 4 amide bonds. The molecule has 2 aromatic heterocycles. The average Bonchev–Trinajstić information content (AvgIpc) is 3.78. The maximum atomic E-state index is 14.9. The number of ether oxygens (including phenoxy) is 1. The van der Waals surface area contributed by atoms with Crippen LogP contribution in [0.5, 0.6) is 5.75 Å². The van der Waals surface area contributed by atoms with E-state index >= 15 is 0 Å². The lowest BCUT2D eigenvalue weighted by molar-refractivity contribution is -0.265. The van der Waals surface area contributed by atoms with Gasteiger partial charge in [-0.2, -0.15) is 13.2 Å². The van der Waals surface area contributed by atoms with E-state index in [1.54, 1.807) is 26.1 Å². The summed E-state index contributed by atoms with van der Waals surface area (Å²) in [4.78, 5) is 47.2. The van der Waals surface area contributed by atoms with Gasteiger partial charge in [0.25, 0.3) is 5.91 Å². The van der Waals surface area contributed by atoms with Gasteiger partial charge in [0.05, 0.1) is 23.4 Å². The molecule has 0 unspecified atom stereocenters. The van der Waals surface area contributed by atoms with Gasteiger partial charge in [-0.25, -0.2) is 14.2 Å². The minimum absolute atomic E-state index is 0.0291. The van der Waals surface area contributed by atoms with Crippen molar-refractivity contribution in [1.29, 1.82) is 0 Å². The van der Waals surface area contributed by atoms with Crippen molar-refractivity contribution in [2.24, 2.45) is 5.73 Å². The van der Waals surface area contributed by atoms with Crippen LogP contribution in [0, 0.1) is 12.7 Å². The number of alkyl halides is 3. The Balaban J connectivity index is 1.39. The number of benzene rings is 2. The topological polar surface area (TPSA) is 169 Å². The standard InChI is InChI=1S/C34H32F4N6O5/c1-3-32(30(39)46)16-49-28-23(32)13-25(44-27(28)18-4-6-21(35)7-5-18)33(48,34(36,37)38)15-41-29(45)20-11-19-10-17(2)14-40-26(19)24(12-20)43-31(47)42-22-8-9-22/h4-7,10-14,22,48H,3,8-9,15-16H2,1-2H3,(H2,39,46)(H,41,45)(H2,42,43,47)/t32-,33-/m0/s1. The molecule has 1 aliphatic carbocycles. The van der Waals surface area contributed by atoms with Crippen LogP contribution in [-0.2, 0) is 15.8 Å². The van der Waals surface area contributed by atoms with Crippen molar-refractivity contribution < 1.29 is 41.8 Å². The lowest BCUT2D eigenvalue weighted by atomic mass is 9.78. The van der Waals surface area contributed by atoms with Crippen LogP contribution in [0.4, 0.5) is 28.0 Å². The molecule has 1 fully saturated rings. The van der Waals surface area contributed by atoms with Crippen molar-refractivity contribution in [3.63, 3.8) is 0 Å². The molecule has 0 bridgehead atoms. The zero-order chi connectivity index (χ0) is 35.3. The number of aromatic nitrogens is 2. The number of amides is 4. The van der Waals surface area contributed by atoms with Crippen LogP contribution in [0.15, 0.2) is 54.7 Å². The molecule has 2 aromatic carbocycles. The average molecular weight is 681 g/mol. The van der Waals surface area contributed by atoms with E-state index < -0.39 is 53.1 Å². The van der Waals surface area contributed by atoms with Crippen LogP contribution >= 0.6 is 0 Å². The number of carbonyl (C=O) groups is 3. The van der Waals surface area contributed by atoms with E-state index in [2.05, 4.69) is 25.9 Å². The SMILES string of the molecule is CC[C@]1(C(N)=O)COc2c1cc([C@@](O)(CNC(=O)c1cc(NC(=O)NC3CC3)c3ncc(C)cc3c1)C(F)(F)F)nc2-c1ccc(F)cc1. The van der Waals surface area contributed by atoms with E-state index in [0.29, 0.717) is 10.9 Å². The Bertz CT molecular complexity index is 1980. The number of aliphatic hydroxyl groups is 1. The van der Waals surface area contributed by atoms with Crippen LogP contribution in [0.3, 0.4) is 0 Å². The number of rotatable bonds is 9. The number of urea groups is 1. The molecule has 256 valence electrons. The number of fused-ring (bicyclic) bond motifs is 2. The summed E-state index contributed by atoms with van der Waals surface area (Å²) in [5, 5.41) is 19.4. The van der Waals surface area contributed by atoms with Crippen molar-refractivity contribution >= 4 is 34.4 Å². The molecule has 3 heterocycles. The van der Waals surface area contributed by atoms with Crippen LogP contribution in [0.25, 0.3) is 22.2 Å². The minimum Gasteiger partial charge on any atom is -0.489 e. The van der Waals surface area contributed by atoms with Gasteiger partial charge in [0.2, 0.25) is 11.5 Å². The second kappa shape index (κ2) is 12.3. The first-order chi connectivity index (χ1) is 23.1. The number of nitrogens with zero attached hydrogens (tertiary/aromatic N) is 2. The van der Waals surface area contributed by atoms with Crippen LogP contribution < -0.4 is 26.4 Å². The first-order valence-electron chi connectivity index (χ1n) is 15.4. The fourth-order valence-corrected chi connectivity index (χ4v) is 5.80. The molecule has 2 atom stereocenters. The molecule has 6 N–H and O–H groups in total. The lowest BCUT2D eigenvalue weighted by Gasteiger charge is -2.32.